The number of rotatable bonds is 10. The summed E-state index contributed by atoms with van der Waals surface area (Å²) >= 11 is 0. The third-order valence-corrected chi connectivity index (χ3v) is 3.48. The fraction of sp³-hybridized carbons (Fsp3) is 0.529. The normalized spacial score (nSPS) is 14.5. The molecule has 0 saturated heterocycles. The number of benzene rings is 1. The predicted molar refractivity (Wildman–Crippen MR) is 80.3 cm³/mol. The molecular formula is C17H25NO. The van der Waals surface area contributed by atoms with Crippen LogP contribution in [0.4, 0.5) is 0 Å². The molecule has 1 saturated carbocycles. The third-order valence-electron chi connectivity index (χ3n) is 3.48. The summed E-state index contributed by atoms with van der Waals surface area (Å²) in [6.07, 6.45) is 7.85. The zero-order chi connectivity index (χ0) is 13.3. The molecule has 0 aromatic heterocycles. The average molecular weight is 259 g/mol. The number of ether oxygens (including phenoxy) is 1. The molecule has 0 amide bonds. The van der Waals surface area contributed by atoms with Crippen LogP contribution in [0.15, 0.2) is 36.9 Å². The molecule has 0 aliphatic heterocycles. The van der Waals surface area contributed by atoms with Crippen molar-refractivity contribution < 1.29 is 4.74 Å². The summed E-state index contributed by atoms with van der Waals surface area (Å²) < 4.78 is 5.73. The van der Waals surface area contributed by atoms with E-state index in [4.69, 9.17) is 4.74 Å². The number of hydrogen-bond acceptors (Lipinski definition) is 2. The highest BCUT2D eigenvalue weighted by atomic mass is 16.5. The van der Waals surface area contributed by atoms with E-state index in [0.29, 0.717) is 0 Å². The van der Waals surface area contributed by atoms with Gasteiger partial charge < -0.3 is 10.1 Å². The number of hydrogen-bond donors (Lipinski definition) is 1. The average Bonchev–Trinajstić information content (AvgIpc) is 3.24. The molecule has 0 heterocycles. The molecule has 2 rings (SSSR count). The van der Waals surface area contributed by atoms with Crippen molar-refractivity contribution in [1.82, 2.24) is 5.32 Å². The fourth-order valence-corrected chi connectivity index (χ4v) is 2.15. The van der Waals surface area contributed by atoms with Gasteiger partial charge in [0.15, 0.2) is 0 Å². The van der Waals surface area contributed by atoms with Crippen LogP contribution in [0.3, 0.4) is 0 Å². The van der Waals surface area contributed by atoms with Crippen LogP contribution in [-0.2, 0) is 17.8 Å². The first-order valence-corrected chi connectivity index (χ1v) is 7.39. The summed E-state index contributed by atoms with van der Waals surface area (Å²) in [7, 11) is 0. The number of allylic oxidation sites excluding steroid dienone is 1. The molecule has 0 atom stereocenters. The molecule has 2 heteroatoms. The van der Waals surface area contributed by atoms with Gasteiger partial charge in [-0.25, -0.2) is 0 Å². The van der Waals surface area contributed by atoms with Crippen molar-refractivity contribution in [3.05, 3.63) is 48.0 Å². The molecule has 0 radical (unpaired) electrons. The Hall–Kier alpha value is -1.12. The summed E-state index contributed by atoms with van der Waals surface area (Å²) in [5.74, 6) is 0. The van der Waals surface area contributed by atoms with Gasteiger partial charge in [0.25, 0.3) is 0 Å². The van der Waals surface area contributed by atoms with Crippen LogP contribution in [0, 0.1) is 0 Å². The van der Waals surface area contributed by atoms with Crippen LogP contribution in [-0.4, -0.2) is 19.2 Å². The van der Waals surface area contributed by atoms with Gasteiger partial charge in [0, 0.05) is 12.6 Å². The topological polar surface area (TPSA) is 21.3 Å². The smallest absolute Gasteiger partial charge is 0.0719 e. The van der Waals surface area contributed by atoms with Crippen molar-refractivity contribution in [1.29, 1.82) is 0 Å². The monoisotopic (exact) mass is 259 g/mol. The second kappa shape index (κ2) is 8.13. The lowest BCUT2D eigenvalue weighted by Gasteiger charge is -2.10. The van der Waals surface area contributed by atoms with E-state index in [9.17, 15) is 0 Å². The minimum Gasteiger partial charge on any atom is -0.377 e. The van der Waals surface area contributed by atoms with Crippen LogP contribution in [0.2, 0.25) is 0 Å². The second-order valence-electron chi connectivity index (χ2n) is 5.23. The van der Waals surface area contributed by atoms with Crippen molar-refractivity contribution in [2.75, 3.05) is 13.2 Å². The Labute approximate surface area is 116 Å². The van der Waals surface area contributed by atoms with Crippen LogP contribution in [0.5, 0.6) is 0 Å². The highest BCUT2D eigenvalue weighted by Crippen LogP contribution is 2.18. The molecule has 1 N–H and O–H groups in total. The lowest BCUT2D eigenvalue weighted by molar-refractivity contribution is 0.118. The standard InChI is InChI=1S/C17H25NO/c1-2-3-6-13-19-14-16-8-5-4-7-15(16)11-12-18-17-9-10-17/h2,4-5,7-8,17-18H,1,3,6,9-14H2. The van der Waals surface area contributed by atoms with E-state index < -0.39 is 0 Å². The molecule has 1 fully saturated rings. The molecule has 1 aromatic carbocycles. The molecule has 0 spiro atoms. The van der Waals surface area contributed by atoms with Gasteiger partial charge in [-0.2, -0.15) is 0 Å². The van der Waals surface area contributed by atoms with Crippen LogP contribution >= 0.6 is 0 Å². The van der Waals surface area contributed by atoms with Crippen LogP contribution in [0.1, 0.15) is 36.8 Å². The maximum absolute atomic E-state index is 5.73. The van der Waals surface area contributed by atoms with E-state index in [2.05, 4.69) is 36.2 Å². The van der Waals surface area contributed by atoms with Crippen LogP contribution in [0.25, 0.3) is 0 Å². The zero-order valence-corrected chi connectivity index (χ0v) is 11.7. The first-order chi connectivity index (χ1) is 9.40. The Morgan fingerprint density at radius 2 is 2.05 bits per heavy atom. The molecule has 1 aliphatic rings. The molecule has 2 nitrogen and oxygen atoms in total. The van der Waals surface area contributed by atoms with Gasteiger partial charge in [0.05, 0.1) is 6.61 Å². The first-order valence-electron chi connectivity index (χ1n) is 7.39. The van der Waals surface area contributed by atoms with E-state index >= 15 is 0 Å². The van der Waals surface area contributed by atoms with Gasteiger partial charge in [0.2, 0.25) is 0 Å². The van der Waals surface area contributed by atoms with E-state index in [-0.39, 0.29) is 0 Å². The Morgan fingerprint density at radius 3 is 2.79 bits per heavy atom. The lowest BCUT2D eigenvalue weighted by atomic mass is 10.1. The highest BCUT2D eigenvalue weighted by molar-refractivity contribution is 5.26. The summed E-state index contributed by atoms with van der Waals surface area (Å²) in [5.41, 5.74) is 2.75. The minimum absolute atomic E-state index is 0.733. The number of unbranched alkanes of at least 4 members (excludes halogenated alkanes) is 1. The van der Waals surface area contributed by atoms with E-state index in [0.717, 1.165) is 45.1 Å². The van der Waals surface area contributed by atoms with Gasteiger partial charge in [-0.1, -0.05) is 30.3 Å². The first kappa shape index (κ1) is 14.3. The number of nitrogens with one attached hydrogen (secondary N) is 1. The second-order valence-corrected chi connectivity index (χ2v) is 5.23. The van der Waals surface area contributed by atoms with Gasteiger partial charge in [-0.15, -0.1) is 6.58 Å². The van der Waals surface area contributed by atoms with Gasteiger partial charge >= 0.3 is 0 Å². The van der Waals surface area contributed by atoms with Crippen molar-refractivity contribution in [3.8, 4) is 0 Å². The molecule has 0 unspecified atom stereocenters. The lowest BCUT2D eigenvalue weighted by Crippen LogP contribution is -2.19. The molecule has 104 valence electrons. The largest absolute Gasteiger partial charge is 0.377 e. The quantitative estimate of drug-likeness (QED) is 0.513. The van der Waals surface area contributed by atoms with Crippen molar-refractivity contribution in [2.24, 2.45) is 0 Å². The maximum Gasteiger partial charge on any atom is 0.0719 e. The third kappa shape index (κ3) is 5.58. The molecule has 1 aliphatic carbocycles. The molecule has 1 aromatic rings. The molecule has 19 heavy (non-hydrogen) atoms. The SMILES string of the molecule is C=CCCCOCc1ccccc1CCNC1CC1. The van der Waals surface area contributed by atoms with Crippen molar-refractivity contribution in [3.63, 3.8) is 0 Å². The maximum atomic E-state index is 5.73. The predicted octanol–water partition coefficient (Wildman–Crippen LogP) is 3.46. The van der Waals surface area contributed by atoms with Crippen molar-refractivity contribution in [2.45, 2.75) is 44.8 Å². The van der Waals surface area contributed by atoms with E-state index in [1.54, 1.807) is 0 Å². The highest BCUT2D eigenvalue weighted by Gasteiger charge is 2.19. The van der Waals surface area contributed by atoms with Crippen LogP contribution < -0.4 is 5.32 Å². The van der Waals surface area contributed by atoms with E-state index in [1.807, 2.05) is 6.08 Å². The fourth-order valence-electron chi connectivity index (χ4n) is 2.15. The van der Waals surface area contributed by atoms with Gasteiger partial charge in [-0.3, -0.25) is 0 Å². The minimum atomic E-state index is 0.733. The summed E-state index contributed by atoms with van der Waals surface area (Å²) in [4.78, 5) is 0. The zero-order valence-electron chi connectivity index (χ0n) is 11.7. The molecule has 0 bridgehead atoms. The molecular weight excluding hydrogens is 234 g/mol. The van der Waals surface area contributed by atoms with E-state index in [1.165, 1.54) is 24.0 Å². The Morgan fingerprint density at radius 1 is 1.26 bits per heavy atom. The van der Waals surface area contributed by atoms with Crippen molar-refractivity contribution >= 4 is 0 Å². The van der Waals surface area contributed by atoms with Gasteiger partial charge in [0.1, 0.15) is 0 Å². The Balaban J connectivity index is 1.72. The Bertz CT molecular complexity index is 385. The summed E-state index contributed by atoms with van der Waals surface area (Å²) in [6.45, 7) is 6.36. The summed E-state index contributed by atoms with van der Waals surface area (Å²) in [6, 6.07) is 9.41. The Kier molecular flexibility index (Phi) is 6.12. The summed E-state index contributed by atoms with van der Waals surface area (Å²) in [5, 5.41) is 3.56. The van der Waals surface area contributed by atoms with Gasteiger partial charge in [-0.05, 0) is 49.8 Å².